The van der Waals surface area contributed by atoms with Crippen LogP contribution in [0.2, 0.25) is 0 Å². The molecule has 70 valence electrons. The van der Waals surface area contributed by atoms with Gasteiger partial charge in [0, 0.05) is 6.54 Å². The number of carbonyl (C=O) groups is 1. The lowest BCUT2D eigenvalue weighted by Gasteiger charge is -2.09. The number of carbonyl (C=O) groups excluding carboxylic acids is 1. The van der Waals surface area contributed by atoms with Crippen LogP contribution in [0.1, 0.15) is 17.5 Å². The Balaban J connectivity index is 2.33. The van der Waals surface area contributed by atoms with Crippen LogP contribution in [-0.4, -0.2) is 6.03 Å². The fraction of sp³-hybridized carbons (Fsp3) is 0.273. The number of aryl methyl sites for hydroxylation is 1. The Morgan fingerprint density at radius 2 is 2.21 bits per heavy atom. The van der Waals surface area contributed by atoms with E-state index in [9.17, 15) is 4.79 Å². The third-order valence-corrected chi connectivity index (χ3v) is 2.77. The molecule has 0 bridgehead atoms. The van der Waals surface area contributed by atoms with Crippen molar-refractivity contribution in [3.63, 3.8) is 0 Å². The molecule has 0 spiro atoms. The molecule has 3 nitrogen and oxygen atoms in total. The second-order valence-electron chi connectivity index (χ2n) is 3.69. The second-order valence-corrected chi connectivity index (χ2v) is 3.69. The van der Waals surface area contributed by atoms with Crippen molar-refractivity contribution in [3.8, 4) is 0 Å². The van der Waals surface area contributed by atoms with E-state index in [1.165, 1.54) is 10.8 Å². The number of hydrogen-bond acceptors (Lipinski definition) is 1. The van der Waals surface area contributed by atoms with E-state index >= 15 is 0 Å². The smallest absolute Gasteiger partial charge is 0.332 e. The summed E-state index contributed by atoms with van der Waals surface area (Å²) < 4.78 is 0. The molecule has 0 unspecified atom stereocenters. The third kappa shape index (κ3) is 1.05. The summed E-state index contributed by atoms with van der Waals surface area (Å²) in [4.78, 5) is 15.0. The first kappa shape index (κ1) is 7.74. The van der Waals surface area contributed by atoms with Gasteiger partial charge in [0.2, 0.25) is 0 Å². The summed E-state index contributed by atoms with van der Waals surface area (Å²) in [6, 6.07) is 3.97. The van der Waals surface area contributed by atoms with Crippen LogP contribution in [0.15, 0.2) is 17.1 Å². The van der Waals surface area contributed by atoms with E-state index in [1.807, 2.05) is 6.07 Å². The molecule has 1 aromatic rings. The van der Waals surface area contributed by atoms with Crippen LogP contribution in [0, 0.1) is 0 Å². The Morgan fingerprint density at radius 1 is 1.29 bits per heavy atom. The van der Waals surface area contributed by atoms with Crippen molar-refractivity contribution in [3.05, 3.63) is 33.8 Å². The molecule has 1 aromatic carbocycles. The molecule has 3 heteroatoms. The van der Waals surface area contributed by atoms with Crippen molar-refractivity contribution >= 4 is 12.1 Å². The molecule has 1 heterocycles. The highest BCUT2D eigenvalue weighted by Crippen LogP contribution is 2.05. The van der Waals surface area contributed by atoms with Gasteiger partial charge < -0.3 is 5.32 Å². The quantitative estimate of drug-likeness (QED) is 0.620. The maximum absolute atomic E-state index is 11.0. The Morgan fingerprint density at radius 3 is 3.14 bits per heavy atom. The second kappa shape index (κ2) is 2.67. The standard InChI is InChI=1S/C11H10N2O/c14-11-12-6-9-4-7-2-1-3-8(7)5-10(9)13-11/h2,4-5H,1,3,6H2,(H,12,14). The van der Waals surface area contributed by atoms with Gasteiger partial charge in [-0.1, -0.05) is 6.08 Å². The Labute approximate surface area is 81.2 Å². The lowest BCUT2D eigenvalue weighted by molar-refractivity contribution is 0.247. The molecule has 0 radical (unpaired) electrons. The summed E-state index contributed by atoms with van der Waals surface area (Å²) in [6.45, 7) is 0.610. The fourth-order valence-electron chi connectivity index (χ4n) is 2.05. The van der Waals surface area contributed by atoms with Crippen LogP contribution >= 0.6 is 0 Å². The molecule has 0 aromatic heterocycles. The summed E-state index contributed by atoms with van der Waals surface area (Å²) in [5, 5.41) is 4.87. The van der Waals surface area contributed by atoms with Crippen molar-refractivity contribution in [2.45, 2.75) is 19.4 Å². The molecular formula is C11H10N2O. The van der Waals surface area contributed by atoms with Crippen molar-refractivity contribution in [1.29, 1.82) is 0 Å². The summed E-state index contributed by atoms with van der Waals surface area (Å²) in [5.41, 5.74) is 2.45. The van der Waals surface area contributed by atoms with E-state index < -0.39 is 0 Å². The minimum Gasteiger partial charge on any atom is -0.332 e. The summed E-state index contributed by atoms with van der Waals surface area (Å²) >= 11 is 0. The molecule has 2 amide bonds. The number of nitrogens with one attached hydrogen (secondary N) is 1. The fourth-order valence-corrected chi connectivity index (χ4v) is 2.05. The van der Waals surface area contributed by atoms with Gasteiger partial charge in [0.05, 0.1) is 5.36 Å². The number of nitrogens with zero attached hydrogens (tertiary/aromatic N) is 1. The van der Waals surface area contributed by atoms with Crippen LogP contribution in [0.25, 0.3) is 6.08 Å². The minimum absolute atomic E-state index is 0.223. The molecule has 0 saturated carbocycles. The van der Waals surface area contributed by atoms with Gasteiger partial charge in [-0.2, -0.15) is 4.99 Å². The Kier molecular flexibility index (Phi) is 1.48. The van der Waals surface area contributed by atoms with E-state index in [0.29, 0.717) is 6.54 Å². The average molecular weight is 186 g/mol. The lowest BCUT2D eigenvalue weighted by atomic mass is 10.1. The van der Waals surface area contributed by atoms with Crippen LogP contribution in [0.5, 0.6) is 0 Å². The molecule has 2 aliphatic rings. The van der Waals surface area contributed by atoms with Gasteiger partial charge in [0.25, 0.3) is 0 Å². The summed E-state index contributed by atoms with van der Waals surface area (Å²) in [5.74, 6) is 0. The van der Waals surface area contributed by atoms with Gasteiger partial charge in [-0.15, -0.1) is 0 Å². The van der Waals surface area contributed by atoms with Crippen molar-refractivity contribution in [2.75, 3.05) is 0 Å². The zero-order valence-electron chi connectivity index (χ0n) is 7.71. The van der Waals surface area contributed by atoms with Gasteiger partial charge >= 0.3 is 6.03 Å². The van der Waals surface area contributed by atoms with Gasteiger partial charge in [-0.05, 0) is 41.3 Å². The highest BCUT2D eigenvalue weighted by atomic mass is 16.2. The highest BCUT2D eigenvalue weighted by molar-refractivity contribution is 5.76. The lowest BCUT2D eigenvalue weighted by Crippen LogP contribution is -2.33. The molecule has 0 fully saturated rings. The first-order chi connectivity index (χ1) is 6.83. The zero-order chi connectivity index (χ0) is 9.54. The third-order valence-electron chi connectivity index (χ3n) is 2.77. The van der Waals surface area contributed by atoms with Crippen LogP contribution in [0.3, 0.4) is 0 Å². The number of rotatable bonds is 0. The molecule has 0 saturated heterocycles. The monoisotopic (exact) mass is 186 g/mol. The number of benzene rings is 1. The first-order valence-electron chi connectivity index (χ1n) is 4.81. The summed E-state index contributed by atoms with van der Waals surface area (Å²) in [7, 11) is 0. The van der Waals surface area contributed by atoms with E-state index in [4.69, 9.17) is 0 Å². The van der Waals surface area contributed by atoms with Crippen LogP contribution in [0.4, 0.5) is 4.79 Å². The summed E-state index contributed by atoms with van der Waals surface area (Å²) in [6.07, 6.45) is 4.44. The normalized spacial score (nSPS) is 17.6. The molecule has 14 heavy (non-hydrogen) atoms. The van der Waals surface area contributed by atoms with Crippen molar-refractivity contribution in [1.82, 2.24) is 5.32 Å². The molecule has 1 aliphatic carbocycles. The Hall–Kier alpha value is -1.64. The first-order valence-corrected chi connectivity index (χ1v) is 4.81. The number of hydrogen-bond donors (Lipinski definition) is 1. The van der Waals surface area contributed by atoms with Gasteiger partial charge in [-0.3, -0.25) is 0 Å². The van der Waals surface area contributed by atoms with Crippen LogP contribution in [-0.2, 0) is 13.0 Å². The predicted octanol–water partition coefficient (Wildman–Crippen LogP) is 0.256. The van der Waals surface area contributed by atoms with E-state index in [-0.39, 0.29) is 6.03 Å². The predicted molar refractivity (Wildman–Crippen MR) is 52.2 cm³/mol. The molecule has 0 atom stereocenters. The highest BCUT2D eigenvalue weighted by Gasteiger charge is 2.11. The van der Waals surface area contributed by atoms with Crippen molar-refractivity contribution in [2.24, 2.45) is 4.99 Å². The van der Waals surface area contributed by atoms with Gasteiger partial charge in [0.15, 0.2) is 0 Å². The maximum Gasteiger partial charge on any atom is 0.341 e. The molecule has 3 rings (SSSR count). The van der Waals surface area contributed by atoms with Crippen molar-refractivity contribution < 1.29 is 4.79 Å². The SMILES string of the molecule is O=C1N=c2cc3c(cc2CN1)=CCC3. The Bertz CT molecular complexity index is 531. The average Bonchev–Trinajstić information content (AvgIpc) is 2.61. The molecular weight excluding hydrogens is 176 g/mol. The van der Waals surface area contributed by atoms with Crippen LogP contribution < -0.4 is 15.9 Å². The number of urea groups is 1. The molecule has 1 N–H and O–H groups in total. The zero-order valence-corrected chi connectivity index (χ0v) is 7.71. The minimum atomic E-state index is -0.223. The topological polar surface area (TPSA) is 41.5 Å². The van der Waals surface area contributed by atoms with E-state index in [2.05, 4.69) is 22.5 Å². The number of amides is 2. The number of fused-ring (bicyclic) bond motifs is 2. The largest absolute Gasteiger partial charge is 0.341 e. The van der Waals surface area contributed by atoms with Gasteiger partial charge in [-0.25, -0.2) is 4.79 Å². The molecule has 1 aliphatic heterocycles. The maximum atomic E-state index is 11.0. The van der Waals surface area contributed by atoms with E-state index in [0.717, 1.165) is 23.8 Å². The van der Waals surface area contributed by atoms with E-state index in [1.54, 1.807) is 0 Å². The van der Waals surface area contributed by atoms with Gasteiger partial charge in [0.1, 0.15) is 0 Å².